The Morgan fingerprint density at radius 3 is 1.77 bits per heavy atom. The van der Waals surface area contributed by atoms with Crippen LogP contribution in [0.15, 0.2) is 37.4 Å². The maximum Gasteiger partial charge on any atom is 0.336 e. The third-order valence-corrected chi connectivity index (χ3v) is 4.04. The average Bonchev–Trinajstić information content (AvgIpc) is 2.72. The van der Waals surface area contributed by atoms with E-state index in [0.717, 1.165) is 18.2 Å². The van der Waals surface area contributed by atoms with Crippen molar-refractivity contribution in [3.05, 3.63) is 59.7 Å². The van der Waals surface area contributed by atoms with Gasteiger partial charge in [-0.15, -0.1) is 0 Å². The highest BCUT2D eigenvalue weighted by Crippen LogP contribution is 2.25. The number of carbonyl (C=O) groups is 4. The third kappa shape index (κ3) is 6.54. The van der Waals surface area contributed by atoms with E-state index in [0.29, 0.717) is 0 Å². The summed E-state index contributed by atoms with van der Waals surface area (Å²) in [6.45, 7) is 5.20. The topological polar surface area (TPSA) is 168 Å². The number of benzene rings is 1. The summed E-state index contributed by atoms with van der Waals surface area (Å²) < 4.78 is 9.94. The van der Waals surface area contributed by atoms with Crippen molar-refractivity contribution >= 4 is 23.9 Å². The molecule has 30 heavy (non-hydrogen) atoms. The van der Waals surface area contributed by atoms with Crippen molar-refractivity contribution < 1.29 is 49.1 Å². The van der Waals surface area contributed by atoms with Gasteiger partial charge in [0, 0.05) is 25.0 Å². The second-order valence-electron chi connectivity index (χ2n) is 6.04. The summed E-state index contributed by atoms with van der Waals surface area (Å²) in [6.07, 6.45) is -1.04. The lowest BCUT2D eigenvalue weighted by molar-refractivity contribution is -0.146. The number of ether oxygens (including phenoxy) is 2. The first-order valence-corrected chi connectivity index (χ1v) is 8.67. The molecule has 0 bridgehead atoms. The van der Waals surface area contributed by atoms with Gasteiger partial charge in [-0.05, 0) is 17.2 Å². The normalized spacial score (nSPS) is 12.3. The van der Waals surface area contributed by atoms with Gasteiger partial charge in [-0.2, -0.15) is 0 Å². The fourth-order valence-electron chi connectivity index (χ4n) is 2.72. The summed E-state index contributed by atoms with van der Waals surface area (Å²) in [4.78, 5) is 46.2. The molecule has 2 atom stereocenters. The molecule has 1 aromatic carbocycles. The van der Waals surface area contributed by atoms with E-state index in [1.807, 2.05) is 0 Å². The molecule has 1 rings (SSSR count). The molecular weight excluding hydrogens is 400 g/mol. The maximum absolute atomic E-state index is 11.8. The second-order valence-corrected chi connectivity index (χ2v) is 6.04. The van der Waals surface area contributed by atoms with E-state index < -0.39 is 60.4 Å². The molecule has 0 aliphatic carbocycles. The van der Waals surface area contributed by atoms with Gasteiger partial charge in [-0.3, -0.25) is 0 Å². The fraction of sp³-hybridized carbons (Fsp3) is 0.300. The Bertz CT molecular complexity index is 842. The summed E-state index contributed by atoms with van der Waals surface area (Å²) in [6, 6.07) is 2.37. The van der Waals surface area contributed by atoms with Crippen molar-refractivity contribution in [1.82, 2.24) is 0 Å². The number of carbonyl (C=O) groups excluding carboxylic acids is 2. The first kappa shape index (κ1) is 24.5. The number of carboxylic acid groups (broad SMARTS) is 2. The van der Waals surface area contributed by atoms with E-state index in [2.05, 4.69) is 13.2 Å². The molecule has 0 aliphatic heterocycles. The van der Waals surface area contributed by atoms with E-state index in [-0.39, 0.29) is 24.0 Å². The zero-order chi connectivity index (χ0) is 22.8. The molecular formula is C20H22O10. The van der Waals surface area contributed by atoms with Crippen molar-refractivity contribution in [1.29, 1.82) is 0 Å². The van der Waals surface area contributed by atoms with Crippen LogP contribution in [-0.2, 0) is 31.9 Å². The van der Waals surface area contributed by atoms with Gasteiger partial charge >= 0.3 is 23.9 Å². The van der Waals surface area contributed by atoms with Crippen LogP contribution in [0.5, 0.6) is 0 Å². The number of esters is 2. The minimum atomic E-state index is -1.56. The summed E-state index contributed by atoms with van der Waals surface area (Å²) in [5, 5.41) is 38.0. The molecule has 162 valence electrons. The SMILES string of the molecule is C=CC(=O)OC(CO)Cc1ccc(C(=O)O)c(C(=O)O)c1CC(CO)OC(=O)C=C. The minimum absolute atomic E-state index is 0.0496. The minimum Gasteiger partial charge on any atom is -0.478 e. The van der Waals surface area contributed by atoms with E-state index in [9.17, 15) is 39.6 Å². The molecule has 0 aromatic heterocycles. The number of aliphatic hydroxyl groups excluding tert-OH is 2. The zero-order valence-corrected chi connectivity index (χ0v) is 15.9. The number of aromatic carboxylic acids is 2. The smallest absolute Gasteiger partial charge is 0.336 e. The molecule has 0 fully saturated rings. The predicted molar refractivity (Wildman–Crippen MR) is 102 cm³/mol. The number of rotatable bonds is 12. The molecule has 0 heterocycles. The Labute approximate surface area is 171 Å². The van der Waals surface area contributed by atoms with Crippen LogP contribution < -0.4 is 0 Å². The highest BCUT2D eigenvalue weighted by Gasteiger charge is 2.27. The van der Waals surface area contributed by atoms with Gasteiger partial charge in [0.25, 0.3) is 0 Å². The highest BCUT2D eigenvalue weighted by molar-refractivity contribution is 6.03. The number of aliphatic hydroxyl groups is 2. The molecule has 0 aliphatic rings. The van der Waals surface area contributed by atoms with E-state index in [4.69, 9.17) is 9.47 Å². The largest absolute Gasteiger partial charge is 0.478 e. The monoisotopic (exact) mass is 422 g/mol. The Kier molecular flexibility index (Phi) is 9.40. The van der Waals surface area contributed by atoms with Gasteiger partial charge in [0.2, 0.25) is 0 Å². The van der Waals surface area contributed by atoms with Crippen molar-refractivity contribution in [2.75, 3.05) is 13.2 Å². The molecule has 0 saturated carbocycles. The Morgan fingerprint density at radius 1 is 0.867 bits per heavy atom. The second kappa shape index (κ2) is 11.5. The average molecular weight is 422 g/mol. The van der Waals surface area contributed by atoms with Crippen LogP contribution in [0.2, 0.25) is 0 Å². The zero-order valence-electron chi connectivity index (χ0n) is 15.9. The predicted octanol–water partition coefficient (Wildman–Crippen LogP) is 0.348. The van der Waals surface area contributed by atoms with Crippen LogP contribution in [0.1, 0.15) is 31.8 Å². The molecule has 2 unspecified atom stereocenters. The molecule has 10 nitrogen and oxygen atoms in total. The number of carboxylic acids is 2. The standard InChI is InChI=1S/C20H22O10/c1-3-16(23)29-12(9-21)7-11-5-6-14(19(25)26)18(20(27)28)15(11)8-13(10-22)30-17(24)4-2/h3-6,12-13,21-22H,1-2,7-10H2,(H,25,26)(H,27,28). The van der Waals surface area contributed by atoms with Gasteiger partial charge in [0.05, 0.1) is 24.3 Å². The van der Waals surface area contributed by atoms with Crippen LogP contribution in [0.25, 0.3) is 0 Å². The van der Waals surface area contributed by atoms with Crippen LogP contribution >= 0.6 is 0 Å². The molecule has 1 aromatic rings. The molecule has 4 N–H and O–H groups in total. The quantitative estimate of drug-likeness (QED) is 0.272. The molecule has 0 amide bonds. The highest BCUT2D eigenvalue weighted by atomic mass is 16.6. The third-order valence-electron chi connectivity index (χ3n) is 4.04. The van der Waals surface area contributed by atoms with Crippen molar-refractivity contribution in [2.24, 2.45) is 0 Å². The van der Waals surface area contributed by atoms with Crippen molar-refractivity contribution in [3.63, 3.8) is 0 Å². The lowest BCUT2D eigenvalue weighted by atomic mass is 9.89. The Morgan fingerprint density at radius 2 is 1.37 bits per heavy atom. The first-order chi connectivity index (χ1) is 14.2. The molecule has 10 heteroatoms. The Balaban J connectivity index is 3.50. The van der Waals surface area contributed by atoms with E-state index >= 15 is 0 Å². The summed E-state index contributed by atoms with van der Waals surface area (Å²) in [5.41, 5.74) is -0.913. The summed E-state index contributed by atoms with van der Waals surface area (Å²) >= 11 is 0. The lowest BCUT2D eigenvalue weighted by Gasteiger charge is -2.22. The van der Waals surface area contributed by atoms with Crippen molar-refractivity contribution in [3.8, 4) is 0 Å². The van der Waals surface area contributed by atoms with Gasteiger partial charge < -0.3 is 29.9 Å². The van der Waals surface area contributed by atoms with Crippen LogP contribution in [0.4, 0.5) is 0 Å². The maximum atomic E-state index is 11.8. The first-order valence-electron chi connectivity index (χ1n) is 8.67. The number of hydrogen-bond donors (Lipinski definition) is 4. The van der Waals surface area contributed by atoms with E-state index in [1.54, 1.807) is 0 Å². The van der Waals surface area contributed by atoms with Gasteiger partial charge in [-0.25, -0.2) is 19.2 Å². The van der Waals surface area contributed by atoms with Crippen LogP contribution in [-0.4, -0.2) is 69.7 Å². The molecule has 0 saturated heterocycles. The summed E-state index contributed by atoms with van der Waals surface area (Å²) in [7, 11) is 0. The van der Waals surface area contributed by atoms with Crippen LogP contribution in [0.3, 0.4) is 0 Å². The Hall–Kier alpha value is -3.50. The van der Waals surface area contributed by atoms with Gasteiger partial charge in [-0.1, -0.05) is 19.2 Å². The summed E-state index contributed by atoms with van der Waals surface area (Å²) in [5.74, 6) is -4.74. The lowest BCUT2D eigenvalue weighted by Crippen LogP contribution is -2.28. The molecule has 0 spiro atoms. The van der Waals surface area contributed by atoms with Crippen molar-refractivity contribution in [2.45, 2.75) is 25.0 Å². The van der Waals surface area contributed by atoms with Gasteiger partial charge in [0.1, 0.15) is 12.2 Å². The molecule has 0 radical (unpaired) electrons. The van der Waals surface area contributed by atoms with E-state index in [1.165, 1.54) is 6.07 Å². The fourth-order valence-corrected chi connectivity index (χ4v) is 2.72. The van der Waals surface area contributed by atoms with Crippen LogP contribution in [0, 0.1) is 0 Å². The number of hydrogen-bond acceptors (Lipinski definition) is 8. The van der Waals surface area contributed by atoms with Gasteiger partial charge in [0.15, 0.2) is 0 Å².